The molecular formula is C6H11BN2OS. The van der Waals surface area contributed by atoms with Gasteiger partial charge in [-0.25, -0.2) is 17.5 Å². The number of rotatable bonds is 1. The Morgan fingerprint density at radius 3 is 2.91 bits per heavy atom. The molecule has 0 aromatic carbocycles. The van der Waals surface area contributed by atoms with Gasteiger partial charge in [-0.3, -0.25) is 4.79 Å². The Hall–Kier alpha value is -0.705. The third kappa shape index (κ3) is 3.88. The monoisotopic (exact) mass is 173 g/mol. The minimum atomic E-state index is -0.222. The molecule has 1 rings (SSSR count). The molecule has 0 atom stereocenters. The first-order valence-electron chi connectivity index (χ1n) is 4.10. The highest BCUT2D eigenvalue weighted by Gasteiger charge is 1.90. The molecule has 1 aromatic heterocycles. The topological polar surface area (TPSA) is 34.9 Å². The predicted octanol–water partition coefficient (Wildman–Crippen LogP) is 0.548. The van der Waals surface area contributed by atoms with E-state index >= 15 is 0 Å². The summed E-state index contributed by atoms with van der Waals surface area (Å²) in [7, 11) is 1.62. The summed E-state index contributed by atoms with van der Waals surface area (Å²) in [5.41, 5.74) is 0.431. The second kappa shape index (κ2) is 6.03. The van der Waals surface area contributed by atoms with Crippen LogP contribution in [0.3, 0.4) is 0 Å². The van der Waals surface area contributed by atoms with Gasteiger partial charge in [-0.15, -0.1) is 0 Å². The van der Waals surface area contributed by atoms with Gasteiger partial charge in [-0.2, -0.15) is 0 Å². The van der Waals surface area contributed by atoms with Crippen molar-refractivity contribution in [2.45, 2.75) is 6.82 Å². The smallest absolute Gasteiger partial charge is 0.184 e. The van der Waals surface area contributed by atoms with Crippen LogP contribution in [0.25, 0.3) is 0 Å². The molecule has 11 heavy (non-hydrogen) atoms. The number of nitrogens with zero attached hydrogens (tertiary/aromatic N) is 2. The van der Waals surface area contributed by atoms with Crippen molar-refractivity contribution in [1.29, 1.82) is 1.34 Å². The molecule has 0 radical (unpaired) electrons. The van der Waals surface area contributed by atoms with E-state index in [0.29, 0.717) is 12.0 Å². The lowest BCUT2D eigenvalue weighted by Gasteiger charge is -1.86. The number of imidazole rings is 1. The van der Waals surface area contributed by atoms with Crippen LogP contribution in [0.15, 0.2) is 12.5 Å². The summed E-state index contributed by atoms with van der Waals surface area (Å²) in [5.74, 6) is 0. The molecule has 60 valence electrons. The van der Waals surface area contributed by atoms with Gasteiger partial charge in [0.15, 0.2) is 12.8 Å². The van der Waals surface area contributed by atoms with Crippen LogP contribution in [0.4, 0.5) is 0 Å². The summed E-state index contributed by atoms with van der Waals surface area (Å²) in [4.78, 5) is 13.7. The highest BCUT2D eigenvalue weighted by Crippen LogP contribution is 1.88. The van der Waals surface area contributed by atoms with Gasteiger partial charge in [0.2, 0.25) is 0 Å². The maximum absolute atomic E-state index is 10.1. The van der Waals surface area contributed by atoms with E-state index in [2.05, 4.69) is 17.5 Å². The third-order valence-corrected chi connectivity index (χ3v) is 0.913. The second-order valence-corrected chi connectivity index (χ2v) is 2.23. The summed E-state index contributed by atoms with van der Waals surface area (Å²) in [6, 6.07) is 0. The number of carbonyl (C=O) groups is 1. The first-order valence-corrected chi connectivity index (χ1v) is 3.54. The van der Waals surface area contributed by atoms with E-state index in [-0.39, 0.29) is 12.8 Å². The molecule has 5 heteroatoms. The van der Waals surface area contributed by atoms with Gasteiger partial charge in [-0.1, -0.05) is 6.82 Å². The number of thiol groups is 1. The van der Waals surface area contributed by atoms with Gasteiger partial charge < -0.3 is 4.57 Å². The minimum Gasteiger partial charge on any atom is -0.332 e. The van der Waals surface area contributed by atoms with Crippen molar-refractivity contribution in [3.05, 3.63) is 18.2 Å². The van der Waals surface area contributed by atoms with E-state index in [0.717, 1.165) is 0 Å². The van der Waals surface area contributed by atoms with Crippen molar-refractivity contribution in [3.63, 3.8) is 0 Å². The fourth-order valence-electron chi connectivity index (χ4n) is 0.435. The Morgan fingerprint density at radius 2 is 2.73 bits per heavy atom. The van der Waals surface area contributed by atoms with E-state index in [4.69, 9.17) is 2.71 Å². The van der Waals surface area contributed by atoms with Crippen molar-refractivity contribution in [1.82, 2.24) is 9.55 Å². The van der Waals surface area contributed by atoms with E-state index < -0.39 is 0 Å². The summed E-state index contributed by atoms with van der Waals surface area (Å²) in [6.45, 7) is 1.48. The molecule has 0 aliphatic rings. The molecule has 0 spiro atoms. The first kappa shape index (κ1) is 6.97. The zero-order valence-electron chi connectivity index (χ0n) is 8.48. The number of hydrogen-bond acceptors (Lipinski definition) is 3. The molecule has 0 N–H and O–H groups in total. The van der Waals surface area contributed by atoms with Gasteiger partial charge in [0.1, 0.15) is 7.06 Å². The van der Waals surface area contributed by atoms with Crippen molar-refractivity contribution >= 4 is 25.3 Å². The van der Waals surface area contributed by atoms with Gasteiger partial charge in [0.05, 0.1) is 12.5 Å². The molecule has 1 aromatic rings. The SMILES string of the molecule is [2H]B(C)S.[3H]c1ncc(C=O)n1C. The second-order valence-electron chi connectivity index (χ2n) is 1.72. The lowest BCUT2D eigenvalue weighted by Crippen LogP contribution is -1.90. The number of hydrogen-bond donors (Lipinski definition) is 1. The number of aromatic nitrogens is 2. The molecule has 0 aliphatic carbocycles. The normalized spacial score (nSPS) is 10.5. The van der Waals surface area contributed by atoms with E-state index in [1.165, 1.54) is 10.8 Å². The molecule has 3 nitrogen and oxygen atoms in total. The molecule has 0 saturated heterocycles. The van der Waals surface area contributed by atoms with Crippen LogP contribution in [0.5, 0.6) is 0 Å². The first-order chi connectivity index (χ1) is 5.99. The van der Waals surface area contributed by atoms with Crippen molar-refractivity contribution in [2.75, 3.05) is 0 Å². The maximum atomic E-state index is 10.1. The average Bonchev–Trinajstić information content (AvgIpc) is 2.32. The standard InChI is InChI=1S/C5H6N2O.CH5BS/c1-7-4-6-2-5(7)3-8;1-2-3/h2-4H,1H3;2-3H,1H3/i4T;2D. The Balaban J connectivity index is 0.000000310. The third-order valence-electron chi connectivity index (χ3n) is 0.913. The van der Waals surface area contributed by atoms with E-state index in [1.807, 2.05) is 0 Å². The predicted molar refractivity (Wildman–Crippen MR) is 50.6 cm³/mol. The highest BCUT2D eigenvalue weighted by atomic mass is 32.1. The molecule has 0 amide bonds. The Kier molecular flexibility index (Phi) is 3.82. The van der Waals surface area contributed by atoms with Crippen molar-refractivity contribution in [3.8, 4) is 0 Å². The van der Waals surface area contributed by atoms with Crippen LogP contribution in [-0.4, -0.2) is 23.7 Å². The molecular weight excluding hydrogens is 159 g/mol. The Morgan fingerprint density at radius 1 is 2.18 bits per heavy atom. The van der Waals surface area contributed by atoms with Crippen molar-refractivity contribution in [2.24, 2.45) is 7.05 Å². The van der Waals surface area contributed by atoms with Crippen LogP contribution < -0.4 is 0 Å². The zero-order chi connectivity index (χ0) is 10.4. The highest BCUT2D eigenvalue weighted by molar-refractivity contribution is 8.06. The fraction of sp³-hybridized carbons (Fsp3) is 0.333. The van der Waals surface area contributed by atoms with Gasteiger partial charge in [0.25, 0.3) is 0 Å². The quantitative estimate of drug-likeness (QED) is 0.382. The van der Waals surface area contributed by atoms with E-state index in [1.54, 1.807) is 13.9 Å². The van der Waals surface area contributed by atoms with Gasteiger partial charge in [-0.05, 0) is 1.34 Å². The largest absolute Gasteiger partial charge is 0.332 e. The van der Waals surface area contributed by atoms with E-state index in [9.17, 15) is 4.79 Å². The summed E-state index contributed by atoms with van der Waals surface area (Å²) >= 11 is 3.63. The number of aldehydes is 1. The lowest BCUT2D eigenvalue weighted by molar-refractivity contribution is 0.111. The molecule has 0 aliphatic heterocycles. The van der Waals surface area contributed by atoms with Crippen LogP contribution in [-0.2, 0) is 7.05 Å². The Bertz CT molecular complexity index is 277. The van der Waals surface area contributed by atoms with Gasteiger partial charge >= 0.3 is 0 Å². The van der Waals surface area contributed by atoms with Crippen LogP contribution in [0.1, 0.15) is 11.9 Å². The Labute approximate surface area is 75.1 Å². The van der Waals surface area contributed by atoms with Crippen molar-refractivity contribution < 1.29 is 6.17 Å². The fourth-order valence-corrected chi connectivity index (χ4v) is 0.435. The zero-order valence-corrected chi connectivity index (χ0v) is 7.38. The summed E-state index contributed by atoms with van der Waals surface area (Å²) in [5, 5.41) is 0. The summed E-state index contributed by atoms with van der Waals surface area (Å²) < 4.78 is 14.9. The van der Waals surface area contributed by atoms with Crippen LogP contribution >= 0.6 is 12.5 Å². The minimum absolute atomic E-state index is 0.108. The molecule has 0 unspecified atom stereocenters. The molecule has 0 fully saturated rings. The lowest BCUT2D eigenvalue weighted by atomic mass is 10.2. The van der Waals surface area contributed by atoms with Crippen LogP contribution in [0, 0.1) is 0 Å². The molecule has 0 bridgehead atoms. The molecule has 1 heterocycles. The maximum Gasteiger partial charge on any atom is 0.184 e. The van der Waals surface area contributed by atoms with Gasteiger partial charge in [0, 0.05) is 7.05 Å². The summed E-state index contributed by atoms with van der Waals surface area (Å²) in [6.07, 6.45) is 2.15. The molecule has 0 saturated carbocycles. The van der Waals surface area contributed by atoms with Crippen LogP contribution in [0.2, 0.25) is 6.82 Å². The average molecular weight is 173 g/mol. The number of carbonyl (C=O) groups excluding carboxylic acids is 1.